The number of carbonyl (C=O) groups excluding carboxylic acids is 1. The number of nitrogens with zero attached hydrogens (tertiary/aromatic N) is 1. The summed E-state index contributed by atoms with van der Waals surface area (Å²) in [5.74, 6) is -0.129. The second kappa shape index (κ2) is 6.62. The quantitative estimate of drug-likeness (QED) is 0.575. The summed E-state index contributed by atoms with van der Waals surface area (Å²) in [6, 6.07) is 1.59. The third kappa shape index (κ3) is 4.69. The van der Waals surface area contributed by atoms with Gasteiger partial charge in [-0.15, -0.1) is 0 Å². The lowest BCUT2D eigenvalue weighted by molar-refractivity contribution is -0.122. The lowest BCUT2D eigenvalue weighted by Gasteiger charge is -2.08. The van der Waals surface area contributed by atoms with Crippen LogP contribution in [0.5, 0.6) is 0 Å². The van der Waals surface area contributed by atoms with Crippen LogP contribution in [0.4, 0.5) is 0 Å². The highest BCUT2D eigenvalue weighted by molar-refractivity contribution is 5.81. The Morgan fingerprint density at radius 3 is 2.92 bits per heavy atom. The molecule has 0 rings (SSSR count). The van der Waals surface area contributed by atoms with E-state index in [1.807, 2.05) is 13.0 Å². The second-order valence-corrected chi connectivity index (χ2v) is 2.57. The number of nitrogens with one attached hydrogen (secondary N) is 1. The molecule has 0 fully saturated rings. The predicted octanol–water partition coefficient (Wildman–Crippen LogP) is 0.144. The Hall–Kier alpha value is -1.08. The molecule has 0 aliphatic rings. The molecule has 0 aliphatic carbocycles. The van der Waals surface area contributed by atoms with Crippen molar-refractivity contribution in [1.29, 1.82) is 5.26 Å². The summed E-state index contributed by atoms with van der Waals surface area (Å²) in [6.07, 6.45) is 1.81. The maximum atomic E-state index is 11.0. The number of hydrogen-bond donors (Lipinski definition) is 2. The van der Waals surface area contributed by atoms with E-state index in [0.29, 0.717) is 25.8 Å². The van der Waals surface area contributed by atoms with Crippen molar-refractivity contribution in [3.05, 3.63) is 0 Å². The molecule has 4 nitrogen and oxygen atoms in total. The minimum absolute atomic E-state index is 0.129. The predicted molar refractivity (Wildman–Crippen MR) is 46.1 cm³/mol. The first-order valence-corrected chi connectivity index (χ1v) is 4.12. The fourth-order valence-corrected chi connectivity index (χ4v) is 0.696. The number of unbranched alkanes of at least 4 members (excludes halogenated alkanes) is 1. The fourth-order valence-electron chi connectivity index (χ4n) is 0.696. The lowest BCUT2D eigenvalue weighted by atomic mass is 10.2. The van der Waals surface area contributed by atoms with Gasteiger partial charge in [0.2, 0.25) is 5.91 Å². The van der Waals surface area contributed by atoms with E-state index in [1.165, 1.54) is 0 Å². The van der Waals surface area contributed by atoms with Gasteiger partial charge in [-0.25, -0.2) is 0 Å². The lowest BCUT2D eigenvalue weighted by Crippen LogP contribution is -2.40. The molecule has 0 aliphatic heterocycles. The van der Waals surface area contributed by atoms with Crippen molar-refractivity contribution in [2.75, 3.05) is 6.54 Å². The minimum atomic E-state index is -0.410. The molecule has 0 radical (unpaired) electrons. The highest BCUT2D eigenvalue weighted by Crippen LogP contribution is 1.87. The van der Waals surface area contributed by atoms with Gasteiger partial charge in [-0.05, 0) is 12.8 Å². The molecule has 12 heavy (non-hydrogen) atoms. The maximum absolute atomic E-state index is 11.0. The van der Waals surface area contributed by atoms with Crippen LogP contribution in [0.2, 0.25) is 0 Å². The zero-order chi connectivity index (χ0) is 9.40. The molecule has 0 heterocycles. The van der Waals surface area contributed by atoms with Crippen LogP contribution in [0.1, 0.15) is 26.2 Å². The van der Waals surface area contributed by atoms with Crippen LogP contribution < -0.4 is 11.1 Å². The normalized spacial score (nSPS) is 11.8. The van der Waals surface area contributed by atoms with Crippen LogP contribution in [-0.2, 0) is 4.79 Å². The molecular formula is C8H15N3O. The number of hydrogen-bond acceptors (Lipinski definition) is 3. The highest BCUT2D eigenvalue weighted by atomic mass is 16.2. The number of nitriles is 1. The molecule has 0 saturated carbocycles. The van der Waals surface area contributed by atoms with Crippen LogP contribution in [0.15, 0.2) is 0 Å². The van der Waals surface area contributed by atoms with Crippen molar-refractivity contribution in [3.8, 4) is 6.07 Å². The molecule has 0 spiro atoms. The Kier molecular flexibility index (Phi) is 6.02. The minimum Gasteiger partial charge on any atom is -0.355 e. The third-order valence-electron chi connectivity index (χ3n) is 1.54. The molecule has 3 N–H and O–H groups in total. The molecule has 0 saturated heterocycles. The second-order valence-electron chi connectivity index (χ2n) is 2.57. The van der Waals surface area contributed by atoms with Gasteiger partial charge in [0.15, 0.2) is 0 Å². The van der Waals surface area contributed by atoms with Crippen LogP contribution >= 0.6 is 0 Å². The van der Waals surface area contributed by atoms with E-state index < -0.39 is 6.04 Å². The van der Waals surface area contributed by atoms with Crippen molar-refractivity contribution in [3.63, 3.8) is 0 Å². The first-order valence-electron chi connectivity index (χ1n) is 4.12. The summed E-state index contributed by atoms with van der Waals surface area (Å²) in [5, 5.41) is 10.9. The Morgan fingerprint density at radius 1 is 1.75 bits per heavy atom. The van der Waals surface area contributed by atoms with Crippen molar-refractivity contribution in [1.82, 2.24) is 5.32 Å². The van der Waals surface area contributed by atoms with Crippen molar-refractivity contribution >= 4 is 5.91 Å². The molecule has 0 unspecified atom stereocenters. The molecule has 4 heteroatoms. The Bertz CT molecular complexity index is 174. The van der Waals surface area contributed by atoms with Gasteiger partial charge < -0.3 is 11.1 Å². The van der Waals surface area contributed by atoms with Crippen LogP contribution in [0, 0.1) is 11.3 Å². The van der Waals surface area contributed by atoms with E-state index in [-0.39, 0.29) is 5.91 Å². The van der Waals surface area contributed by atoms with E-state index in [9.17, 15) is 4.79 Å². The van der Waals surface area contributed by atoms with Crippen molar-refractivity contribution in [2.24, 2.45) is 5.73 Å². The van der Waals surface area contributed by atoms with Crippen LogP contribution in [0.3, 0.4) is 0 Å². The van der Waals surface area contributed by atoms with Crippen molar-refractivity contribution in [2.45, 2.75) is 32.2 Å². The fraction of sp³-hybridized carbons (Fsp3) is 0.750. The first-order chi connectivity index (χ1) is 5.72. The van der Waals surface area contributed by atoms with Gasteiger partial charge in [0.25, 0.3) is 0 Å². The third-order valence-corrected chi connectivity index (χ3v) is 1.54. The molecule has 1 atom stereocenters. The number of rotatable bonds is 5. The van der Waals surface area contributed by atoms with Gasteiger partial charge in [0.05, 0.1) is 12.1 Å². The maximum Gasteiger partial charge on any atom is 0.236 e. The number of nitrogens with two attached hydrogens (primary N) is 1. The standard InChI is InChI=1S/C8H15N3O/c1-2-7(10)8(12)11-6-4-3-5-9/h7H,2-4,6,10H2,1H3,(H,11,12)/t7-/m1/s1. The van der Waals surface area contributed by atoms with Crippen LogP contribution in [0.25, 0.3) is 0 Å². The monoisotopic (exact) mass is 169 g/mol. The van der Waals surface area contributed by atoms with Gasteiger partial charge in [-0.2, -0.15) is 5.26 Å². The molecule has 0 aromatic heterocycles. The molecule has 1 amide bonds. The zero-order valence-corrected chi connectivity index (χ0v) is 7.34. The van der Waals surface area contributed by atoms with Gasteiger partial charge >= 0.3 is 0 Å². The Balaban J connectivity index is 3.39. The van der Waals surface area contributed by atoms with Crippen LogP contribution in [-0.4, -0.2) is 18.5 Å². The topological polar surface area (TPSA) is 78.9 Å². The molecule has 68 valence electrons. The molecule has 0 aromatic carbocycles. The summed E-state index contributed by atoms with van der Waals surface area (Å²) in [4.78, 5) is 11.0. The average Bonchev–Trinajstić information content (AvgIpc) is 2.10. The van der Waals surface area contributed by atoms with Crippen molar-refractivity contribution < 1.29 is 4.79 Å². The first kappa shape index (κ1) is 10.9. The van der Waals surface area contributed by atoms with E-state index in [4.69, 9.17) is 11.0 Å². The largest absolute Gasteiger partial charge is 0.355 e. The SMILES string of the molecule is CC[C@@H](N)C(=O)NCCCC#N. The highest BCUT2D eigenvalue weighted by Gasteiger charge is 2.08. The number of amides is 1. The Labute approximate surface area is 72.7 Å². The summed E-state index contributed by atoms with van der Waals surface area (Å²) in [6.45, 7) is 2.40. The summed E-state index contributed by atoms with van der Waals surface area (Å²) >= 11 is 0. The molecular weight excluding hydrogens is 154 g/mol. The average molecular weight is 169 g/mol. The zero-order valence-electron chi connectivity index (χ0n) is 7.34. The van der Waals surface area contributed by atoms with E-state index >= 15 is 0 Å². The van der Waals surface area contributed by atoms with Gasteiger partial charge in [0.1, 0.15) is 0 Å². The van der Waals surface area contributed by atoms with Gasteiger partial charge in [-0.3, -0.25) is 4.79 Å². The molecule has 0 aromatic rings. The summed E-state index contributed by atoms with van der Waals surface area (Å²) in [5.41, 5.74) is 5.45. The summed E-state index contributed by atoms with van der Waals surface area (Å²) in [7, 11) is 0. The van der Waals surface area contributed by atoms with Gasteiger partial charge in [0, 0.05) is 13.0 Å². The van der Waals surface area contributed by atoms with E-state index in [2.05, 4.69) is 5.32 Å². The number of carbonyl (C=O) groups is 1. The van der Waals surface area contributed by atoms with E-state index in [1.54, 1.807) is 0 Å². The molecule has 0 bridgehead atoms. The Morgan fingerprint density at radius 2 is 2.42 bits per heavy atom. The van der Waals surface area contributed by atoms with Gasteiger partial charge in [-0.1, -0.05) is 6.92 Å². The summed E-state index contributed by atoms with van der Waals surface area (Å²) < 4.78 is 0. The smallest absolute Gasteiger partial charge is 0.236 e. The van der Waals surface area contributed by atoms with E-state index in [0.717, 1.165) is 0 Å².